The number of hydrogen-bond donors (Lipinski definition) is 1. The van der Waals surface area contributed by atoms with Crippen LogP contribution in [0.25, 0.3) is 0 Å². The van der Waals surface area contributed by atoms with Crippen molar-refractivity contribution in [2.75, 3.05) is 0 Å². The molecule has 1 aromatic carbocycles. The summed E-state index contributed by atoms with van der Waals surface area (Å²) in [7, 11) is 0. The van der Waals surface area contributed by atoms with E-state index in [1.54, 1.807) is 0 Å². The molecule has 1 nitrogen and oxygen atoms in total. The number of halogens is 1. The number of nitrogens with two attached hydrogens (primary N) is 1. The Balaban J connectivity index is 0.00000289. The fourth-order valence-electron chi connectivity index (χ4n) is 2.57. The van der Waals surface area contributed by atoms with Crippen LogP contribution >= 0.6 is 12.4 Å². The van der Waals surface area contributed by atoms with E-state index in [0.29, 0.717) is 5.92 Å². The summed E-state index contributed by atoms with van der Waals surface area (Å²) in [4.78, 5) is 0. The molecule has 0 aliphatic carbocycles. The summed E-state index contributed by atoms with van der Waals surface area (Å²) >= 11 is 0. The van der Waals surface area contributed by atoms with Gasteiger partial charge in [0.05, 0.1) is 0 Å². The van der Waals surface area contributed by atoms with E-state index in [1.807, 2.05) is 0 Å². The second-order valence-corrected chi connectivity index (χ2v) is 5.45. The lowest BCUT2D eigenvalue weighted by Gasteiger charge is -2.26. The summed E-state index contributed by atoms with van der Waals surface area (Å²) in [5.74, 6) is 0.536. The van der Waals surface area contributed by atoms with Crippen molar-refractivity contribution in [1.29, 1.82) is 0 Å². The summed E-state index contributed by atoms with van der Waals surface area (Å²) in [5.41, 5.74) is 14.8. The Morgan fingerprint density at radius 3 is 1.50 bits per heavy atom. The molecule has 2 atom stereocenters. The van der Waals surface area contributed by atoms with Crippen LogP contribution in [0, 0.1) is 40.5 Å². The molecule has 0 aromatic heterocycles. The molecule has 0 spiro atoms. The summed E-state index contributed by atoms with van der Waals surface area (Å²) in [6, 6.07) is 0.165. The molecule has 1 unspecified atom stereocenters. The van der Waals surface area contributed by atoms with Gasteiger partial charge in [-0.3, -0.25) is 0 Å². The SMILES string of the molecule is CCC(C)[C@H](N)c1c(C)c(C)c(C)c(C)c1C.Cl. The summed E-state index contributed by atoms with van der Waals surface area (Å²) in [5, 5.41) is 0. The van der Waals surface area contributed by atoms with Crippen LogP contribution in [0.15, 0.2) is 0 Å². The van der Waals surface area contributed by atoms with E-state index in [1.165, 1.54) is 33.4 Å². The van der Waals surface area contributed by atoms with Crippen LogP contribution in [0.5, 0.6) is 0 Å². The lowest BCUT2D eigenvalue weighted by molar-refractivity contribution is 0.453. The van der Waals surface area contributed by atoms with Gasteiger partial charge in [0, 0.05) is 6.04 Å². The third kappa shape index (κ3) is 2.89. The van der Waals surface area contributed by atoms with Gasteiger partial charge < -0.3 is 5.73 Å². The highest BCUT2D eigenvalue weighted by Crippen LogP contribution is 2.33. The van der Waals surface area contributed by atoms with Gasteiger partial charge >= 0.3 is 0 Å². The van der Waals surface area contributed by atoms with Gasteiger partial charge in [0.1, 0.15) is 0 Å². The molecular formula is C16H28ClN. The first-order chi connectivity index (χ1) is 7.82. The quantitative estimate of drug-likeness (QED) is 0.846. The van der Waals surface area contributed by atoms with E-state index in [4.69, 9.17) is 5.73 Å². The fourth-order valence-corrected chi connectivity index (χ4v) is 2.57. The molecular weight excluding hydrogens is 242 g/mol. The van der Waals surface area contributed by atoms with Gasteiger partial charge in [0.15, 0.2) is 0 Å². The van der Waals surface area contributed by atoms with E-state index in [9.17, 15) is 0 Å². The van der Waals surface area contributed by atoms with Crippen LogP contribution in [0.1, 0.15) is 59.7 Å². The standard InChI is InChI=1S/C16H27N.ClH/c1-8-9(2)16(17)15-13(6)11(4)10(3)12(5)14(15)7;/h9,16H,8,17H2,1-7H3;1H/t9?,16-;/m0./s1. The molecule has 0 amide bonds. The largest absolute Gasteiger partial charge is 0.324 e. The Kier molecular flexibility index (Phi) is 6.39. The zero-order valence-corrected chi connectivity index (χ0v) is 13.7. The van der Waals surface area contributed by atoms with Crippen LogP contribution in [-0.2, 0) is 0 Å². The molecule has 0 saturated heterocycles. The van der Waals surface area contributed by atoms with Gasteiger partial charge in [-0.15, -0.1) is 12.4 Å². The van der Waals surface area contributed by atoms with Crippen molar-refractivity contribution in [1.82, 2.24) is 0 Å². The Labute approximate surface area is 119 Å². The van der Waals surface area contributed by atoms with Gasteiger partial charge in [-0.05, 0) is 73.9 Å². The lowest BCUT2D eigenvalue weighted by atomic mass is 9.82. The predicted molar refractivity (Wildman–Crippen MR) is 83.8 cm³/mol. The molecule has 18 heavy (non-hydrogen) atoms. The molecule has 1 aromatic rings. The van der Waals surface area contributed by atoms with Crippen LogP contribution in [0.4, 0.5) is 0 Å². The maximum atomic E-state index is 6.44. The highest BCUT2D eigenvalue weighted by molar-refractivity contribution is 5.85. The first-order valence-corrected chi connectivity index (χ1v) is 6.65. The van der Waals surface area contributed by atoms with Crippen molar-refractivity contribution in [3.8, 4) is 0 Å². The Hall–Kier alpha value is -0.530. The van der Waals surface area contributed by atoms with E-state index < -0.39 is 0 Å². The second kappa shape index (κ2) is 6.58. The minimum Gasteiger partial charge on any atom is -0.324 e. The van der Waals surface area contributed by atoms with Gasteiger partial charge in [-0.2, -0.15) is 0 Å². The monoisotopic (exact) mass is 269 g/mol. The van der Waals surface area contributed by atoms with Crippen molar-refractivity contribution in [3.63, 3.8) is 0 Å². The Bertz CT molecular complexity index is 395. The zero-order valence-electron chi connectivity index (χ0n) is 12.8. The predicted octanol–water partition coefficient (Wildman–Crippen LogP) is 4.70. The maximum Gasteiger partial charge on any atom is 0.0326 e. The highest BCUT2D eigenvalue weighted by atomic mass is 35.5. The second-order valence-electron chi connectivity index (χ2n) is 5.45. The molecule has 2 heteroatoms. The summed E-state index contributed by atoms with van der Waals surface area (Å²) in [6.07, 6.45) is 1.13. The van der Waals surface area contributed by atoms with Gasteiger partial charge in [-0.25, -0.2) is 0 Å². The van der Waals surface area contributed by atoms with Crippen molar-refractivity contribution < 1.29 is 0 Å². The third-order valence-corrected chi connectivity index (χ3v) is 4.65. The van der Waals surface area contributed by atoms with Crippen LogP contribution in [0.2, 0.25) is 0 Å². The summed E-state index contributed by atoms with van der Waals surface area (Å²) in [6.45, 7) is 15.5. The minimum atomic E-state index is 0. The Morgan fingerprint density at radius 1 is 0.833 bits per heavy atom. The van der Waals surface area contributed by atoms with Crippen LogP contribution in [0.3, 0.4) is 0 Å². The smallest absolute Gasteiger partial charge is 0.0326 e. The number of rotatable bonds is 3. The molecule has 104 valence electrons. The van der Waals surface area contributed by atoms with Gasteiger partial charge in [0.2, 0.25) is 0 Å². The van der Waals surface area contributed by atoms with E-state index in [-0.39, 0.29) is 18.4 Å². The average Bonchev–Trinajstić information content (AvgIpc) is 2.32. The molecule has 0 saturated carbocycles. The highest BCUT2D eigenvalue weighted by Gasteiger charge is 2.20. The van der Waals surface area contributed by atoms with Crippen molar-refractivity contribution >= 4 is 12.4 Å². The van der Waals surface area contributed by atoms with Crippen molar-refractivity contribution in [3.05, 3.63) is 33.4 Å². The van der Waals surface area contributed by atoms with Crippen molar-refractivity contribution in [2.24, 2.45) is 11.7 Å². The first-order valence-electron chi connectivity index (χ1n) is 6.65. The molecule has 0 fully saturated rings. The normalized spacial score (nSPS) is 14.0. The van der Waals surface area contributed by atoms with Gasteiger partial charge in [-0.1, -0.05) is 20.3 Å². The maximum absolute atomic E-state index is 6.44. The van der Waals surface area contributed by atoms with Gasteiger partial charge in [0.25, 0.3) is 0 Å². The van der Waals surface area contributed by atoms with E-state index in [2.05, 4.69) is 48.5 Å². The first kappa shape index (κ1) is 17.5. The third-order valence-electron chi connectivity index (χ3n) is 4.65. The molecule has 0 aliphatic heterocycles. The molecule has 0 heterocycles. The van der Waals surface area contributed by atoms with Crippen molar-refractivity contribution in [2.45, 2.75) is 60.9 Å². The molecule has 2 N–H and O–H groups in total. The fraction of sp³-hybridized carbons (Fsp3) is 0.625. The molecule has 0 radical (unpaired) electrons. The molecule has 1 rings (SSSR count). The Morgan fingerprint density at radius 2 is 1.17 bits per heavy atom. The molecule has 0 bridgehead atoms. The van der Waals surface area contributed by atoms with E-state index in [0.717, 1.165) is 6.42 Å². The minimum absolute atomic E-state index is 0. The lowest BCUT2D eigenvalue weighted by Crippen LogP contribution is -2.22. The topological polar surface area (TPSA) is 26.0 Å². The molecule has 0 aliphatic rings. The zero-order chi connectivity index (χ0) is 13.3. The summed E-state index contributed by atoms with van der Waals surface area (Å²) < 4.78 is 0. The van der Waals surface area contributed by atoms with Crippen LogP contribution in [-0.4, -0.2) is 0 Å². The number of benzene rings is 1. The van der Waals surface area contributed by atoms with Crippen LogP contribution < -0.4 is 5.73 Å². The average molecular weight is 270 g/mol. The van der Waals surface area contributed by atoms with E-state index >= 15 is 0 Å². The number of hydrogen-bond acceptors (Lipinski definition) is 1.